The Morgan fingerprint density at radius 3 is 2.71 bits per heavy atom. The summed E-state index contributed by atoms with van der Waals surface area (Å²) in [5, 5.41) is 10.3. The zero-order valence-corrected chi connectivity index (χ0v) is 13.8. The molecule has 1 fully saturated rings. The largest absolute Gasteiger partial charge is 0.335 e. The van der Waals surface area contributed by atoms with Crippen LogP contribution in [0, 0.1) is 24.7 Å². The van der Waals surface area contributed by atoms with Crippen LogP contribution in [0.1, 0.15) is 45.7 Å². The Morgan fingerprint density at radius 2 is 2.14 bits per heavy atom. The number of hydrogen-bond donors (Lipinski definition) is 2. The van der Waals surface area contributed by atoms with Crippen LogP contribution in [-0.2, 0) is 7.05 Å². The molecule has 2 amide bonds. The number of amides is 2. The summed E-state index contributed by atoms with van der Waals surface area (Å²) >= 11 is 0. The van der Waals surface area contributed by atoms with E-state index in [9.17, 15) is 4.79 Å². The Balaban J connectivity index is 1.98. The Labute approximate surface area is 127 Å². The van der Waals surface area contributed by atoms with Gasteiger partial charge in [-0.2, -0.15) is 5.10 Å². The van der Waals surface area contributed by atoms with Crippen LogP contribution in [0.2, 0.25) is 0 Å². The van der Waals surface area contributed by atoms with E-state index in [1.165, 1.54) is 12.8 Å². The molecule has 118 valence electrons. The molecule has 1 saturated carbocycles. The van der Waals surface area contributed by atoms with Gasteiger partial charge in [0.1, 0.15) is 5.82 Å². The molecule has 2 rings (SSSR count). The predicted octanol–water partition coefficient (Wildman–Crippen LogP) is 3.31. The van der Waals surface area contributed by atoms with E-state index in [0.717, 1.165) is 17.9 Å². The predicted molar refractivity (Wildman–Crippen MR) is 85.2 cm³/mol. The number of aromatic nitrogens is 2. The number of rotatable bonds is 3. The number of hydrogen-bond acceptors (Lipinski definition) is 2. The highest BCUT2D eigenvalue weighted by Crippen LogP contribution is 2.33. The van der Waals surface area contributed by atoms with Crippen molar-refractivity contribution in [1.29, 1.82) is 0 Å². The van der Waals surface area contributed by atoms with Gasteiger partial charge in [0.25, 0.3) is 0 Å². The number of nitrogens with zero attached hydrogens (tertiary/aromatic N) is 2. The van der Waals surface area contributed by atoms with E-state index in [4.69, 9.17) is 0 Å². The van der Waals surface area contributed by atoms with Crippen molar-refractivity contribution < 1.29 is 4.79 Å². The van der Waals surface area contributed by atoms with Crippen molar-refractivity contribution in [2.24, 2.45) is 24.8 Å². The van der Waals surface area contributed by atoms with Crippen LogP contribution in [0.4, 0.5) is 10.6 Å². The Kier molecular flexibility index (Phi) is 4.91. The lowest BCUT2D eigenvalue weighted by Gasteiger charge is -2.37. The summed E-state index contributed by atoms with van der Waals surface area (Å²) < 4.78 is 1.69. The fourth-order valence-electron chi connectivity index (χ4n) is 3.42. The summed E-state index contributed by atoms with van der Waals surface area (Å²) in [6, 6.07) is 2.02. The number of urea groups is 1. The third-order valence-corrected chi connectivity index (χ3v) is 4.58. The fourth-order valence-corrected chi connectivity index (χ4v) is 3.42. The van der Waals surface area contributed by atoms with Crippen molar-refractivity contribution in [1.82, 2.24) is 15.1 Å². The van der Waals surface area contributed by atoms with Gasteiger partial charge in [0, 0.05) is 19.2 Å². The smallest absolute Gasteiger partial charge is 0.320 e. The van der Waals surface area contributed by atoms with Crippen LogP contribution >= 0.6 is 0 Å². The van der Waals surface area contributed by atoms with Crippen molar-refractivity contribution in [2.75, 3.05) is 5.32 Å². The normalized spacial score (nSPS) is 25.9. The van der Waals surface area contributed by atoms with Crippen molar-refractivity contribution in [3.05, 3.63) is 11.8 Å². The third kappa shape index (κ3) is 3.99. The Hall–Kier alpha value is -1.52. The van der Waals surface area contributed by atoms with E-state index >= 15 is 0 Å². The maximum atomic E-state index is 12.3. The number of aryl methyl sites for hydroxylation is 2. The summed E-state index contributed by atoms with van der Waals surface area (Å²) in [5.74, 6) is 2.58. The molecule has 2 N–H and O–H groups in total. The van der Waals surface area contributed by atoms with Crippen molar-refractivity contribution in [2.45, 2.75) is 53.0 Å². The molecule has 1 aromatic rings. The molecule has 3 atom stereocenters. The lowest BCUT2D eigenvalue weighted by atomic mass is 9.74. The maximum absolute atomic E-state index is 12.3. The summed E-state index contributed by atoms with van der Waals surface area (Å²) in [7, 11) is 1.84. The van der Waals surface area contributed by atoms with Crippen molar-refractivity contribution in [3.63, 3.8) is 0 Å². The molecular formula is C16H28N4O. The summed E-state index contributed by atoms with van der Waals surface area (Å²) in [6.45, 7) is 8.68. The van der Waals surface area contributed by atoms with Gasteiger partial charge >= 0.3 is 6.03 Å². The Bertz CT molecular complexity index is 494. The lowest BCUT2D eigenvalue weighted by molar-refractivity contribution is 0.172. The number of nitrogens with one attached hydrogen (secondary N) is 2. The SMILES string of the molecule is Cc1cc(NC(=O)N[C@@H]2C[C@@H](C)CC[C@H]2C(C)C)n(C)n1. The van der Waals surface area contributed by atoms with Gasteiger partial charge < -0.3 is 5.32 Å². The van der Waals surface area contributed by atoms with Crippen LogP contribution in [0.5, 0.6) is 0 Å². The minimum absolute atomic E-state index is 0.122. The quantitative estimate of drug-likeness (QED) is 0.898. The van der Waals surface area contributed by atoms with Gasteiger partial charge in [0.15, 0.2) is 0 Å². The second-order valence-corrected chi connectivity index (χ2v) is 6.83. The summed E-state index contributed by atoms with van der Waals surface area (Å²) in [6.07, 6.45) is 3.54. The minimum atomic E-state index is -0.122. The van der Waals surface area contributed by atoms with Gasteiger partial charge in [0.05, 0.1) is 5.69 Å². The first kappa shape index (κ1) is 15.9. The van der Waals surface area contributed by atoms with Gasteiger partial charge in [-0.15, -0.1) is 0 Å². The van der Waals surface area contributed by atoms with E-state index in [1.54, 1.807) is 4.68 Å². The first-order chi connectivity index (χ1) is 9.86. The van der Waals surface area contributed by atoms with Crippen LogP contribution in [-0.4, -0.2) is 21.9 Å². The zero-order valence-electron chi connectivity index (χ0n) is 13.8. The van der Waals surface area contributed by atoms with Crippen molar-refractivity contribution in [3.8, 4) is 0 Å². The fraction of sp³-hybridized carbons (Fsp3) is 0.750. The Morgan fingerprint density at radius 1 is 1.43 bits per heavy atom. The molecule has 1 aliphatic rings. The van der Waals surface area contributed by atoms with E-state index < -0.39 is 0 Å². The molecule has 1 aliphatic carbocycles. The first-order valence-corrected chi connectivity index (χ1v) is 7.95. The van der Waals surface area contributed by atoms with Crippen molar-refractivity contribution >= 4 is 11.8 Å². The van der Waals surface area contributed by atoms with E-state index in [2.05, 4.69) is 36.5 Å². The molecule has 5 nitrogen and oxygen atoms in total. The highest BCUT2D eigenvalue weighted by atomic mass is 16.2. The molecule has 0 radical (unpaired) electrons. The summed E-state index contributed by atoms with van der Waals surface area (Å²) in [4.78, 5) is 12.3. The van der Waals surface area contributed by atoms with Crippen LogP contribution in [0.3, 0.4) is 0 Å². The second kappa shape index (κ2) is 6.50. The maximum Gasteiger partial charge on any atom is 0.320 e. The topological polar surface area (TPSA) is 59.0 Å². The molecule has 0 saturated heterocycles. The first-order valence-electron chi connectivity index (χ1n) is 7.95. The lowest BCUT2D eigenvalue weighted by Crippen LogP contribution is -2.47. The van der Waals surface area contributed by atoms with E-state index in [1.807, 2.05) is 20.0 Å². The van der Waals surface area contributed by atoms with Gasteiger partial charge in [-0.05, 0) is 37.5 Å². The minimum Gasteiger partial charge on any atom is -0.335 e. The average Bonchev–Trinajstić information content (AvgIpc) is 2.67. The molecule has 0 unspecified atom stereocenters. The highest BCUT2D eigenvalue weighted by molar-refractivity contribution is 5.88. The zero-order chi connectivity index (χ0) is 15.6. The molecule has 1 heterocycles. The van der Waals surface area contributed by atoms with E-state index in [0.29, 0.717) is 17.8 Å². The molecule has 21 heavy (non-hydrogen) atoms. The molecule has 0 aliphatic heterocycles. The molecule has 5 heteroatoms. The van der Waals surface area contributed by atoms with Gasteiger partial charge in [-0.3, -0.25) is 10.00 Å². The van der Waals surface area contributed by atoms with Gasteiger partial charge in [0.2, 0.25) is 0 Å². The van der Waals surface area contributed by atoms with Crippen LogP contribution < -0.4 is 10.6 Å². The standard InChI is InChI=1S/C16H28N4O/c1-10(2)13-7-6-11(3)8-14(13)17-16(21)18-15-9-12(4)19-20(15)5/h9-11,13-14H,6-8H2,1-5H3,(H2,17,18,21)/t11-,13-,14+/m0/s1. The number of anilines is 1. The third-order valence-electron chi connectivity index (χ3n) is 4.58. The molecular weight excluding hydrogens is 264 g/mol. The second-order valence-electron chi connectivity index (χ2n) is 6.83. The van der Waals surface area contributed by atoms with E-state index in [-0.39, 0.29) is 12.1 Å². The van der Waals surface area contributed by atoms with Gasteiger partial charge in [-0.25, -0.2) is 4.79 Å². The molecule has 0 spiro atoms. The van der Waals surface area contributed by atoms with Crippen LogP contribution in [0.25, 0.3) is 0 Å². The number of carbonyl (C=O) groups is 1. The molecule has 0 aromatic carbocycles. The molecule has 0 bridgehead atoms. The van der Waals surface area contributed by atoms with Crippen LogP contribution in [0.15, 0.2) is 6.07 Å². The molecule has 1 aromatic heterocycles. The summed E-state index contributed by atoms with van der Waals surface area (Å²) in [5.41, 5.74) is 0.902. The van der Waals surface area contributed by atoms with Gasteiger partial charge in [-0.1, -0.05) is 27.2 Å². The average molecular weight is 292 g/mol. The monoisotopic (exact) mass is 292 g/mol. The highest BCUT2D eigenvalue weighted by Gasteiger charge is 2.31. The number of carbonyl (C=O) groups excluding carboxylic acids is 1.